The van der Waals surface area contributed by atoms with E-state index in [0.29, 0.717) is 49.2 Å². The van der Waals surface area contributed by atoms with Crippen LogP contribution in [0.3, 0.4) is 0 Å². The minimum Gasteiger partial charge on any atom is -0.494 e. The van der Waals surface area contributed by atoms with Crippen LogP contribution in [0.1, 0.15) is 37.8 Å². The standard InChI is InChI=1S/C30H34BrClN2O3/c1-22(2)20-33-30(36)28(19-23-7-4-3-5-8-23)34(21-24-10-12-25(31)13-11-24)29(35)9-6-18-37-27-16-14-26(32)15-17-27/h3-5,7-8,10-17,22,28H,6,9,18-21H2,1-2H3,(H,33,36)/t28-/m1/s1. The summed E-state index contributed by atoms with van der Waals surface area (Å²) >= 11 is 9.41. The molecule has 3 rings (SSSR count). The summed E-state index contributed by atoms with van der Waals surface area (Å²) in [6.45, 7) is 5.40. The number of ether oxygens (including phenoxy) is 1. The number of amides is 2. The van der Waals surface area contributed by atoms with Gasteiger partial charge in [0.05, 0.1) is 6.61 Å². The second-order valence-corrected chi connectivity index (χ2v) is 10.8. The highest BCUT2D eigenvalue weighted by molar-refractivity contribution is 9.10. The van der Waals surface area contributed by atoms with Gasteiger partial charge in [-0.25, -0.2) is 0 Å². The molecule has 1 atom stereocenters. The first-order chi connectivity index (χ1) is 17.8. The first kappa shape index (κ1) is 28.7. The van der Waals surface area contributed by atoms with Gasteiger partial charge in [-0.1, -0.05) is 83.8 Å². The number of nitrogens with one attached hydrogen (secondary N) is 1. The van der Waals surface area contributed by atoms with Crippen molar-refractivity contribution in [3.63, 3.8) is 0 Å². The number of hydrogen-bond acceptors (Lipinski definition) is 3. The molecule has 0 aliphatic rings. The quantitative estimate of drug-likeness (QED) is 0.228. The van der Waals surface area contributed by atoms with Gasteiger partial charge >= 0.3 is 0 Å². The third-order valence-electron chi connectivity index (χ3n) is 5.84. The van der Waals surface area contributed by atoms with E-state index in [4.69, 9.17) is 16.3 Å². The van der Waals surface area contributed by atoms with Crippen molar-refractivity contribution in [2.45, 2.75) is 45.7 Å². The molecule has 0 fully saturated rings. The van der Waals surface area contributed by atoms with Gasteiger partial charge in [-0.3, -0.25) is 9.59 Å². The lowest BCUT2D eigenvalue weighted by atomic mass is 10.0. The lowest BCUT2D eigenvalue weighted by molar-refractivity contribution is -0.141. The Kier molecular flexibility index (Phi) is 11.5. The molecule has 2 amide bonds. The predicted octanol–water partition coefficient (Wildman–Crippen LogP) is 6.67. The average Bonchev–Trinajstić information content (AvgIpc) is 2.89. The van der Waals surface area contributed by atoms with Gasteiger partial charge in [-0.05, 0) is 59.9 Å². The van der Waals surface area contributed by atoms with Crippen LogP contribution in [0.25, 0.3) is 0 Å². The summed E-state index contributed by atoms with van der Waals surface area (Å²) in [6.07, 6.45) is 1.24. The first-order valence-electron chi connectivity index (χ1n) is 12.6. The van der Waals surface area contributed by atoms with Crippen LogP contribution in [0.5, 0.6) is 5.75 Å². The molecule has 7 heteroatoms. The number of hydrogen-bond donors (Lipinski definition) is 1. The van der Waals surface area contributed by atoms with Crippen LogP contribution in [-0.4, -0.2) is 35.9 Å². The molecule has 0 radical (unpaired) electrons. The van der Waals surface area contributed by atoms with E-state index in [0.717, 1.165) is 15.6 Å². The van der Waals surface area contributed by atoms with Crippen LogP contribution in [0.15, 0.2) is 83.3 Å². The van der Waals surface area contributed by atoms with E-state index in [9.17, 15) is 9.59 Å². The summed E-state index contributed by atoms with van der Waals surface area (Å²) in [5, 5.41) is 3.69. The Bertz CT molecular complexity index is 1120. The molecule has 1 N–H and O–H groups in total. The SMILES string of the molecule is CC(C)CNC(=O)[C@@H](Cc1ccccc1)N(Cc1ccc(Br)cc1)C(=O)CCCOc1ccc(Cl)cc1. The Hall–Kier alpha value is -2.83. The monoisotopic (exact) mass is 584 g/mol. The van der Waals surface area contributed by atoms with Crippen LogP contribution in [0, 0.1) is 5.92 Å². The van der Waals surface area contributed by atoms with E-state index in [1.165, 1.54) is 0 Å². The van der Waals surface area contributed by atoms with Gasteiger partial charge in [-0.15, -0.1) is 0 Å². The Morgan fingerprint density at radius 1 is 0.946 bits per heavy atom. The highest BCUT2D eigenvalue weighted by Gasteiger charge is 2.30. The largest absolute Gasteiger partial charge is 0.494 e. The summed E-state index contributed by atoms with van der Waals surface area (Å²) < 4.78 is 6.74. The van der Waals surface area contributed by atoms with E-state index >= 15 is 0 Å². The Balaban J connectivity index is 1.77. The van der Waals surface area contributed by atoms with Crippen molar-refractivity contribution in [2.75, 3.05) is 13.2 Å². The van der Waals surface area contributed by atoms with Crippen LogP contribution in [0.4, 0.5) is 0 Å². The van der Waals surface area contributed by atoms with Gasteiger partial charge in [0.15, 0.2) is 0 Å². The molecule has 3 aromatic rings. The molecule has 196 valence electrons. The van der Waals surface area contributed by atoms with Crippen LogP contribution in [0.2, 0.25) is 5.02 Å². The molecule has 0 bridgehead atoms. The van der Waals surface area contributed by atoms with Crippen molar-refractivity contribution in [3.8, 4) is 5.75 Å². The van der Waals surface area contributed by atoms with Gasteiger partial charge in [0, 0.05) is 35.4 Å². The molecule has 3 aromatic carbocycles. The molecule has 0 unspecified atom stereocenters. The topological polar surface area (TPSA) is 58.6 Å². The Labute approximate surface area is 233 Å². The number of rotatable bonds is 13. The third-order valence-corrected chi connectivity index (χ3v) is 6.62. The highest BCUT2D eigenvalue weighted by atomic mass is 79.9. The van der Waals surface area contributed by atoms with E-state index in [1.54, 1.807) is 29.2 Å². The summed E-state index contributed by atoms with van der Waals surface area (Å²) in [5.41, 5.74) is 1.97. The molecule has 0 saturated heterocycles. The molecule has 0 heterocycles. The summed E-state index contributed by atoms with van der Waals surface area (Å²) in [6, 6.07) is 24.2. The fourth-order valence-corrected chi connectivity index (χ4v) is 4.24. The zero-order chi connectivity index (χ0) is 26.6. The lowest BCUT2D eigenvalue weighted by Gasteiger charge is -2.32. The van der Waals surface area contributed by atoms with Crippen molar-refractivity contribution in [1.82, 2.24) is 10.2 Å². The van der Waals surface area contributed by atoms with Crippen molar-refractivity contribution in [3.05, 3.63) is 99.5 Å². The number of halogens is 2. The fourth-order valence-electron chi connectivity index (χ4n) is 3.85. The van der Waals surface area contributed by atoms with Crippen LogP contribution >= 0.6 is 27.5 Å². The van der Waals surface area contributed by atoms with Crippen LogP contribution in [-0.2, 0) is 22.6 Å². The third kappa shape index (κ3) is 9.86. The van der Waals surface area contributed by atoms with Crippen molar-refractivity contribution < 1.29 is 14.3 Å². The molecule has 37 heavy (non-hydrogen) atoms. The van der Waals surface area contributed by atoms with E-state index in [2.05, 4.69) is 35.1 Å². The normalized spacial score (nSPS) is 11.7. The lowest BCUT2D eigenvalue weighted by Crippen LogP contribution is -2.51. The van der Waals surface area contributed by atoms with Gasteiger partial charge in [-0.2, -0.15) is 0 Å². The number of carbonyl (C=O) groups excluding carboxylic acids is 2. The predicted molar refractivity (Wildman–Crippen MR) is 153 cm³/mol. The fraction of sp³-hybridized carbons (Fsp3) is 0.333. The summed E-state index contributed by atoms with van der Waals surface area (Å²) in [5.74, 6) is 0.796. The van der Waals surface area contributed by atoms with Gasteiger partial charge in [0.1, 0.15) is 11.8 Å². The van der Waals surface area contributed by atoms with E-state index in [1.807, 2.05) is 54.6 Å². The molecule has 0 saturated carbocycles. The van der Waals surface area contributed by atoms with Gasteiger partial charge in [0.2, 0.25) is 11.8 Å². The average molecular weight is 586 g/mol. The first-order valence-corrected chi connectivity index (χ1v) is 13.7. The Morgan fingerprint density at radius 3 is 2.27 bits per heavy atom. The molecule has 5 nitrogen and oxygen atoms in total. The maximum Gasteiger partial charge on any atom is 0.243 e. The molecule has 0 aromatic heterocycles. The minimum absolute atomic E-state index is 0.0803. The summed E-state index contributed by atoms with van der Waals surface area (Å²) in [7, 11) is 0. The zero-order valence-corrected chi connectivity index (χ0v) is 23.7. The number of carbonyl (C=O) groups is 2. The second-order valence-electron chi connectivity index (χ2n) is 9.40. The molecule has 0 spiro atoms. The van der Waals surface area contributed by atoms with Crippen molar-refractivity contribution in [2.24, 2.45) is 5.92 Å². The maximum atomic E-state index is 13.6. The summed E-state index contributed by atoms with van der Waals surface area (Å²) in [4.78, 5) is 28.8. The zero-order valence-electron chi connectivity index (χ0n) is 21.3. The van der Waals surface area contributed by atoms with Crippen molar-refractivity contribution >= 4 is 39.3 Å². The van der Waals surface area contributed by atoms with E-state index in [-0.39, 0.29) is 18.2 Å². The van der Waals surface area contributed by atoms with E-state index < -0.39 is 6.04 Å². The smallest absolute Gasteiger partial charge is 0.243 e. The van der Waals surface area contributed by atoms with Crippen molar-refractivity contribution in [1.29, 1.82) is 0 Å². The highest BCUT2D eigenvalue weighted by Crippen LogP contribution is 2.19. The molecular formula is C30H34BrClN2O3. The number of nitrogens with zero attached hydrogens (tertiary/aromatic N) is 1. The molecule has 0 aliphatic carbocycles. The van der Waals surface area contributed by atoms with Crippen LogP contribution < -0.4 is 10.1 Å². The second kappa shape index (κ2) is 14.8. The maximum absolute atomic E-state index is 13.6. The minimum atomic E-state index is -0.630. The van der Waals surface area contributed by atoms with Gasteiger partial charge < -0.3 is 15.0 Å². The molecular weight excluding hydrogens is 552 g/mol. The molecule has 0 aliphatic heterocycles. The Morgan fingerprint density at radius 2 is 1.62 bits per heavy atom. The van der Waals surface area contributed by atoms with Gasteiger partial charge in [0.25, 0.3) is 0 Å². The number of benzene rings is 3.